The molecule has 0 spiro atoms. The fourth-order valence-electron chi connectivity index (χ4n) is 2.16. The summed E-state index contributed by atoms with van der Waals surface area (Å²) >= 11 is 0. The zero-order valence-electron chi connectivity index (χ0n) is 13.6. The third-order valence-electron chi connectivity index (χ3n) is 3.52. The van der Waals surface area contributed by atoms with Crippen LogP contribution in [0.25, 0.3) is 0 Å². The molecule has 1 aromatic rings. The number of ether oxygens (including phenoxy) is 1. The summed E-state index contributed by atoms with van der Waals surface area (Å²) in [6.45, 7) is 10.4. The van der Waals surface area contributed by atoms with Crippen LogP contribution in [0.15, 0.2) is 24.3 Å². The van der Waals surface area contributed by atoms with Gasteiger partial charge in [0.2, 0.25) is 10.0 Å². The van der Waals surface area contributed by atoms with E-state index in [1.165, 1.54) is 5.56 Å². The zero-order chi connectivity index (χ0) is 16.0. The third kappa shape index (κ3) is 4.80. The summed E-state index contributed by atoms with van der Waals surface area (Å²) < 4.78 is 32.1. The van der Waals surface area contributed by atoms with Crippen molar-refractivity contribution in [2.24, 2.45) is 0 Å². The molecule has 2 unspecified atom stereocenters. The van der Waals surface area contributed by atoms with Crippen LogP contribution in [0.3, 0.4) is 0 Å². The standard InChI is InChI=1S/C14H21NO3S.C2H6/c1-10(2)19(16,17)15-14-9-18-8-13(14)12-6-4-11(3)5-7-12;1-2/h4-7,10,13-15H,8-9H2,1-3H3;1-2H3. The number of hydrogen-bond acceptors (Lipinski definition) is 3. The van der Waals surface area contributed by atoms with Crippen LogP contribution in [0.2, 0.25) is 0 Å². The summed E-state index contributed by atoms with van der Waals surface area (Å²) in [7, 11) is -3.26. The first-order valence-corrected chi connectivity index (χ1v) is 9.10. The second-order valence-electron chi connectivity index (χ2n) is 5.37. The predicted octanol–water partition coefficient (Wildman–Crippen LogP) is 2.83. The molecule has 0 saturated carbocycles. The Morgan fingerprint density at radius 3 is 2.24 bits per heavy atom. The number of hydrogen-bond donors (Lipinski definition) is 1. The monoisotopic (exact) mass is 313 g/mol. The lowest BCUT2D eigenvalue weighted by Crippen LogP contribution is -2.42. The highest BCUT2D eigenvalue weighted by atomic mass is 32.2. The molecule has 1 aliphatic heterocycles. The Hall–Kier alpha value is -0.910. The van der Waals surface area contributed by atoms with Gasteiger partial charge in [0.15, 0.2) is 0 Å². The van der Waals surface area contributed by atoms with E-state index in [2.05, 4.69) is 4.72 Å². The highest BCUT2D eigenvalue weighted by Crippen LogP contribution is 2.26. The molecule has 1 saturated heterocycles. The van der Waals surface area contributed by atoms with Crippen LogP contribution in [0.4, 0.5) is 0 Å². The molecule has 0 aromatic heterocycles. The second kappa shape index (κ2) is 7.92. The van der Waals surface area contributed by atoms with E-state index >= 15 is 0 Å². The van der Waals surface area contributed by atoms with Crippen molar-refractivity contribution in [3.63, 3.8) is 0 Å². The number of sulfonamides is 1. The predicted molar refractivity (Wildman–Crippen MR) is 87.1 cm³/mol. The van der Waals surface area contributed by atoms with Crippen LogP contribution in [0.5, 0.6) is 0 Å². The van der Waals surface area contributed by atoms with E-state index < -0.39 is 15.3 Å². The van der Waals surface area contributed by atoms with E-state index in [-0.39, 0.29) is 12.0 Å². The summed E-state index contributed by atoms with van der Waals surface area (Å²) in [6, 6.07) is 8.01. The molecule has 4 nitrogen and oxygen atoms in total. The molecule has 1 aliphatic rings. The Morgan fingerprint density at radius 1 is 1.14 bits per heavy atom. The summed E-state index contributed by atoms with van der Waals surface area (Å²) in [5.74, 6) is 0.0918. The van der Waals surface area contributed by atoms with Gasteiger partial charge in [0.25, 0.3) is 0 Å². The average molecular weight is 313 g/mol. The summed E-state index contributed by atoms with van der Waals surface area (Å²) in [5.41, 5.74) is 2.32. The van der Waals surface area contributed by atoms with Crippen LogP contribution in [-0.4, -0.2) is 32.9 Å². The third-order valence-corrected chi connectivity index (χ3v) is 5.39. The highest BCUT2D eigenvalue weighted by molar-refractivity contribution is 7.90. The van der Waals surface area contributed by atoms with Gasteiger partial charge < -0.3 is 4.74 Å². The fourth-order valence-corrected chi connectivity index (χ4v) is 3.09. The van der Waals surface area contributed by atoms with Crippen molar-refractivity contribution in [2.45, 2.75) is 51.8 Å². The van der Waals surface area contributed by atoms with E-state index in [1.54, 1.807) is 13.8 Å². The maximum absolute atomic E-state index is 12.0. The Balaban J connectivity index is 0.00000106. The maximum Gasteiger partial charge on any atom is 0.214 e. The first-order valence-electron chi connectivity index (χ1n) is 7.55. The van der Waals surface area contributed by atoms with E-state index in [9.17, 15) is 8.42 Å². The lowest BCUT2D eigenvalue weighted by atomic mass is 9.94. The number of aryl methyl sites for hydroxylation is 1. The minimum Gasteiger partial charge on any atom is -0.379 e. The molecule has 1 aromatic carbocycles. The van der Waals surface area contributed by atoms with Crippen LogP contribution >= 0.6 is 0 Å². The topological polar surface area (TPSA) is 55.4 Å². The van der Waals surface area contributed by atoms with Gasteiger partial charge in [-0.3, -0.25) is 0 Å². The van der Waals surface area contributed by atoms with Gasteiger partial charge in [0, 0.05) is 5.92 Å². The van der Waals surface area contributed by atoms with E-state index in [1.807, 2.05) is 45.0 Å². The van der Waals surface area contributed by atoms with Crippen molar-refractivity contribution in [3.05, 3.63) is 35.4 Å². The van der Waals surface area contributed by atoms with Crippen LogP contribution in [0.1, 0.15) is 44.7 Å². The summed E-state index contributed by atoms with van der Waals surface area (Å²) in [5, 5.41) is -0.424. The number of benzene rings is 1. The van der Waals surface area contributed by atoms with E-state index in [4.69, 9.17) is 4.74 Å². The molecule has 0 aliphatic carbocycles. The molecule has 0 radical (unpaired) electrons. The molecule has 0 amide bonds. The van der Waals surface area contributed by atoms with Gasteiger partial charge in [0.05, 0.1) is 24.5 Å². The van der Waals surface area contributed by atoms with Crippen molar-refractivity contribution in [2.75, 3.05) is 13.2 Å². The van der Waals surface area contributed by atoms with Gasteiger partial charge in [-0.05, 0) is 26.3 Å². The second-order valence-corrected chi connectivity index (χ2v) is 7.64. The van der Waals surface area contributed by atoms with Gasteiger partial charge >= 0.3 is 0 Å². The molecular weight excluding hydrogens is 286 g/mol. The minimum absolute atomic E-state index is 0.0918. The zero-order valence-corrected chi connectivity index (χ0v) is 14.4. The molecule has 2 rings (SSSR count). The van der Waals surface area contributed by atoms with Crippen LogP contribution in [0, 0.1) is 6.92 Å². The van der Waals surface area contributed by atoms with Crippen molar-refractivity contribution < 1.29 is 13.2 Å². The van der Waals surface area contributed by atoms with Crippen molar-refractivity contribution in [1.29, 1.82) is 0 Å². The summed E-state index contributed by atoms with van der Waals surface area (Å²) in [4.78, 5) is 0. The van der Waals surface area contributed by atoms with Gasteiger partial charge in [-0.25, -0.2) is 13.1 Å². The minimum atomic E-state index is -3.26. The first-order chi connectivity index (χ1) is 9.90. The number of rotatable bonds is 4. The average Bonchev–Trinajstić information content (AvgIpc) is 2.89. The quantitative estimate of drug-likeness (QED) is 0.930. The largest absolute Gasteiger partial charge is 0.379 e. The fraction of sp³-hybridized carbons (Fsp3) is 0.625. The smallest absolute Gasteiger partial charge is 0.214 e. The molecule has 0 bridgehead atoms. The molecule has 21 heavy (non-hydrogen) atoms. The van der Waals surface area contributed by atoms with Gasteiger partial charge in [-0.2, -0.15) is 0 Å². The number of nitrogens with one attached hydrogen (secondary N) is 1. The molecule has 1 fully saturated rings. The van der Waals surface area contributed by atoms with Gasteiger partial charge in [-0.15, -0.1) is 0 Å². The lowest BCUT2D eigenvalue weighted by molar-refractivity contribution is 0.189. The normalized spacial score (nSPS) is 22.0. The van der Waals surface area contributed by atoms with Gasteiger partial charge in [0.1, 0.15) is 0 Å². The lowest BCUT2D eigenvalue weighted by Gasteiger charge is -2.20. The molecular formula is C16H27NO3S. The Morgan fingerprint density at radius 2 is 1.71 bits per heavy atom. The Kier molecular flexibility index (Phi) is 6.84. The van der Waals surface area contributed by atoms with Crippen molar-refractivity contribution in [1.82, 2.24) is 4.72 Å². The van der Waals surface area contributed by atoms with Crippen molar-refractivity contribution in [3.8, 4) is 0 Å². The molecule has 1 N–H and O–H groups in total. The molecule has 2 atom stereocenters. The van der Waals surface area contributed by atoms with Crippen LogP contribution in [-0.2, 0) is 14.8 Å². The molecule has 1 heterocycles. The Labute approximate surface area is 129 Å². The Bertz CT molecular complexity index is 523. The highest BCUT2D eigenvalue weighted by Gasteiger charge is 2.33. The molecule has 5 heteroatoms. The maximum atomic E-state index is 12.0. The van der Waals surface area contributed by atoms with Gasteiger partial charge in [-0.1, -0.05) is 43.7 Å². The van der Waals surface area contributed by atoms with E-state index in [0.29, 0.717) is 13.2 Å². The summed E-state index contributed by atoms with van der Waals surface area (Å²) in [6.07, 6.45) is 0. The van der Waals surface area contributed by atoms with E-state index in [0.717, 1.165) is 5.56 Å². The van der Waals surface area contributed by atoms with Crippen LogP contribution < -0.4 is 4.72 Å². The first kappa shape index (κ1) is 18.1. The van der Waals surface area contributed by atoms with Crippen molar-refractivity contribution >= 4 is 10.0 Å². The molecule has 120 valence electrons. The SMILES string of the molecule is CC.Cc1ccc(C2COCC2NS(=O)(=O)C(C)C)cc1.